The average molecular weight is 274 g/mol. The van der Waals surface area contributed by atoms with Crippen molar-refractivity contribution < 1.29 is 9.84 Å². The van der Waals surface area contributed by atoms with E-state index < -0.39 is 0 Å². The SMILES string of the molecule is COc1nc(Cl)nc(N2CCN(CCO)CC2)n1. The lowest BCUT2D eigenvalue weighted by Crippen LogP contribution is -2.47. The summed E-state index contributed by atoms with van der Waals surface area (Å²) < 4.78 is 4.97. The van der Waals surface area contributed by atoms with E-state index in [2.05, 4.69) is 19.9 Å². The normalized spacial score (nSPS) is 16.9. The Morgan fingerprint density at radius 3 is 2.56 bits per heavy atom. The number of β-amino-alcohol motifs (C(OH)–C–C–N with tert-alkyl or cyclic N) is 1. The zero-order valence-electron chi connectivity index (χ0n) is 10.2. The number of aliphatic hydroxyl groups is 1. The summed E-state index contributed by atoms with van der Waals surface area (Å²) in [6, 6.07) is 0.225. The van der Waals surface area contributed by atoms with Gasteiger partial charge in [0, 0.05) is 32.7 Å². The maximum Gasteiger partial charge on any atom is 0.322 e. The Bertz CT molecular complexity index is 398. The van der Waals surface area contributed by atoms with Crippen molar-refractivity contribution in [2.45, 2.75) is 0 Å². The number of hydrogen-bond acceptors (Lipinski definition) is 7. The van der Waals surface area contributed by atoms with Crippen LogP contribution in [0.25, 0.3) is 0 Å². The summed E-state index contributed by atoms with van der Waals surface area (Å²) in [7, 11) is 1.49. The highest BCUT2D eigenvalue weighted by Crippen LogP contribution is 2.16. The molecule has 0 radical (unpaired) electrons. The molecule has 1 aromatic rings. The van der Waals surface area contributed by atoms with Gasteiger partial charge in [-0.15, -0.1) is 0 Å². The van der Waals surface area contributed by atoms with Crippen LogP contribution in [0.3, 0.4) is 0 Å². The molecular formula is C10H16ClN5O2. The van der Waals surface area contributed by atoms with Crippen LogP contribution in [-0.2, 0) is 0 Å². The zero-order valence-corrected chi connectivity index (χ0v) is 11.0. The Morgan fingerprint density at radius 2 is 1.94 bits per heavy atom. The molecule has 0 bridgehead atoms. The molecule has 0 aliphatic carbocycles. The lowest BCUT2D eigenvalue weighted by atomic mass is 10.3. The summed E-state index contributed by atoms with van der Waals surface area (Å²) in [4.78, 5) is 16.3. The van der Waals surface area contributed by atoms with Crippen LogP contribution >= 0.6 is 11.6 Å². The van der Waals surface area contributed by atoms with Gasteiger partial charge in [-0.3, -0.25) is 4.90 Å². The largest absolute Gasteiger partial charge is 0.467 e. The topological polar surface area (TPSA) is 74.6 Å². The van der Waals surface area contributed by atoms with Gasteiger partial charge in [-0.05, 0) is 11.6 Å². The van der Waals surface area contributed by atoms with E-state index in [-0.39, 0.29) is 17.9 Å². The van der Waals surface area contributed by atoms with Crippen LogP contribution in [0.5, 0.6) is 6.01 Å². The molecule has 1 N–H and O–H groups in total. The average Bonchev–Trinajstić information content (AvgIpc) is 2.39. The van der Waals surface area contributed by atoms with Crippen molar-refractivity contribution in [3.05, 3.63) is 5.28 Å². The fourth-order valence-electron chi connectivity index (χ4n) is 1.87. The molecule has 0 saturated carbocycles. The molecular weight excluding hydrogens is 258 g/mol. The van der Waals surface area contributed by atoms with Gasteiger partial charge in [-0.1, -0.05) is 0 Å². The lowest BCUT2D eigenvalue weighted by Gasteiger charge is -2.34. The summed E-state index contributed by atoms with van der Waals surface area (Å²) in [6.07, 6.45) is 0. The van der Waals surface area contributed by atoms with E-state index in [4.69, 9.17) is 21.4 Å². The van der Waals surface area contributed by atoms with Gasteiger partial charge in [0.05, 0.1) is 13.7 Å². The van der Waals surface area contributed by atoms with E-state index in [0.717, 1.165) is 26.2 Å². The molecule has 1 aliphatic rings. The Balaban J connectivity index is 2.02. The number of piperazine rings is 1. The van der Waals surface area contributed by atoms with Crippen LogP contribution < -0.4 is 9.64 Å². The van der Waals surface area contributed by atoms with Crippen LogP contribution in [-0.4, -0.2) is 71.4 Å². The second-order valence-corrected chi connectivity index (χ2v) is 4.28. The zero-order chi connectivity index (χ0) is 13.0. The van der Waals surface area contributed by atoms with Crippen LogP contribution in [0.2, 0.25) is 5.28 Å². The number of methoxy groups -OCH3 is 1. The van der Waals surface area contributed by atoms with E-state index in [1.54, 1.807) is 0 Å². The van der Waals surface area contributed by atoms with Gasteiger partial charge < -0.3 is 14.7 Å². The van der Waals surface area contributed by atoms with E-state index >= 15 is 0 Å². The molecule has 2 rings (SSSR count). The van der Waals surface area contributed by atoms with Crippen molar-refractivity contribution in [1.82, 2.24) is 19.9 Å². The van der Waals surface area contributed by atoms with Crippen molar-refractivity contribution in [3.8, 4) is 6.01 Å². The molecule has 100 valence electrons. The van der Waals surface area contributed by atoms with E-state index in [9.17, 15) is 0 Å². The maximum atomic E-state index is 8.88. The van der Waals surface area contributed by atoms with Crippen LogP contribution in [0.4, 0.5) is 5.95 Å². The number of aliphatic hydroxyl groups excluding tert-OH is 1. The van der Waals surface area contributed by atoms with Gasteiger partial charge in [-0.25, -0.2) is 0 Å². The van der Waals surface area contributed by atoms with Crippen molar-refractivity contribution in [2.24, 2.45) is 0 Å². The quantitative estimate of drug-likeness (QED) is 0.803. The number of hydrogen-bond donors (Lipinski definition) is 1. The van der Waals surface area contributed by atoms with Crippen molar-refractivity contribution >= 4 is 17.5 Å². The Kier molecular flexibility index (Phi) is 4.51. The van der Waals surface area contributed by atoms with Gasteiger partial charge >= 0.3 is 6.01 Å². The Hall–Kier alpha value is -1.18. The van der Waals surface area contributed by atoms with Gasteiger partial charge in [0.15, 0.2) is 0 Å². The molecule has 7 nitrogen and oxygen atoms in total. The van der Waals surface area contributed by atoms with Gasteiger partial charge in [0.25, 0.3) is 0 Å². The highest BCUT2D eigenvalue weighted by Gasteiger charge is 2.19. The molecule has 1 aliphatic heterocycles. The minimum absolute atomic E-state index is 0.134. The molecule has 1 aromatic heterocycles. The summed E-state index contributed by atoms with van der Waals surface area (Å²) in [6.45, 7) is 4.21. The first-order valence-electron chi connectivity index (χ1n) is 5.76. The summed E-state index contributed by atoms with van der Waals surface area (Å²) >= 11 is 5.81. The number of nitrogens with zero attached hydrogens (tertiary/aromatic N) is 5. The molecule has 1 fully saturated rings. The molecule has 0 aromatic carbocycles. The van der Waals surface area contributed by atoms with E-state index in [1.807, 2.05) is 4.90 Å². The number of aromatic nitrogens is 3. The third-order valence-corrected chi connectivity index (χ3v) is 3.00. The molecule has 2 heterocycles. The fourth-order valence-corrected chi connectivity index (χ4v) is 2.02. The highest BCUT2D eigenvalue weighted by atomic mass is 35.5. The molecule has 8 heteroatoms. The number of halogens is 1. The van der Waals surface area contributed by atoms with Crippen LogP contribution in [0.1, 0.15) is 0 Å². The minimum Gasteiger partial charge on any atom is -0.467 e. The molecule has 18 heavy (non-hydrogen) atoms. The van der Waals surface area contributed by atoms with Gasteiger partial charge in [0.2, 0.25) is 11.2 Å². The van der Waals surface area contributed by atoms with E-state index in [1.165, 1.54) is 7.11 Å². The predicted octanol–water partition coefficient (Wildman–Crippen LogP) is -0.352. The van der Waals surface area contributed by atoms with Crippen molar-refractivity contribution in [2.75, 3.05) is 51.3 Å². The predicted molar refractivity (Wildman–Crippen MR) is 67.1 cm³/mol. The summed E-state index contributed by atoms with van der Waals surface area (Å²) in [5.41, 5.74) is 0. The van der Waals surface area contributed by atoms with Crippen molar-refractivity contribution in [3.63, 3.8) is 0 Å². The monoisotopic (exact) mass is 273 g/mol. The van der Waals surface area contributed by atoms with Gasteiger partial charge in [-0.2, -0.15) is 15.0 Å². The lowest BCUT2D eigenvalue weighted by molar-refractivity contribution is 0.188. The van der Waals surface area contributed by atoms with Crippen LogP contribution in [0, 0.1) is 0 Å². The Labute approximate surface area is 110 Å². The first-order chi connectivity index (χ1) is 8.72. The number of anilines is 1. The molecule has 0 amide bonds. The van der Waals surface area contributed by atoms with Crippen molar-refractivity contribution in [1.29, 1.82) is 0 Å². The third kappa shape index (κ3) is 3.18. The highest BCUT2D eigenvalue weighted by molar-refractivity contribution is 6.28. The molecule has 1 saturated heterocycles. The first kappa shape index (κ1) is 13.3. The fraction of sp³-hybridized carbons (Fsp3) is 0.700. The maximum absolute atomic E-state index is 8.88. The molecule has 0 unspecified atom stereocenters. The third-order valence-electron chi connectivity index (χ3n) is 2.83. The smallest absolute Gasteiger partial charge is 0.322 e. The summed E-state index contributed by atoms with van der Waals surface area (Å²) in [5.74, 6) is 0.537. The first-order valence-corrected chi connectivity index (χ1v) is 6.14. The molecule has 0 spiro atoms. The van der Waals surface area contributed by atoms with Crippen LogP contribution in [0.15, 0.2) is 0 Å². The second-order valence-electron chi connectivity index (χ2n) is 3.94. The summed E-state index contributed by atoms with van der Waals surface area (Å²) in [5, 5.41) is 9.02. The minimum atomic E-state index is 0.134. The number of ether oxygens (including phenoxy) is 1. The standard InChI is InChI=1S/C10H16ClN5O2/c1-18-10-13-8(11)12-9(14-10)16-4-2-15(3-5-16)6-7-17/h17H,2-7H2,1H3. The van der Waals surface area contributed by atoms with Gasteiger partial charge in [0.1, 0.15) is 0 Å². The van der Waals surface area contributed by atoms with E-state index in [0.29, 0.717) is 12.5 Å². The molecule has 0 atom stereocenters. The number of rotatable bonds is 4. The second kappa shape index (κ2) is 6.12. The Morgan fingerprint density at radius 1 is 1.22 bits per heavy atom.